The zero-order chi connectivity index (χ0) is 13.8. The first-order valence-electron chi connectivity index (χ1n) is 5.55. The van der Waals surface area contributed by atoms with Crippen molar-refractivity contribution in [2.45, 2.75) is 26.9 Å². The maximum atomic E-state index is 11.8. The third-order valence-electron chi connectivity index (χ3n) is 2.24. The van der Waals surface area contributed by atoms with E-state index in [1.807, 2.05) is 0 Å². The van der Waals surface area contributed by atoms with Gasteiger partial charge in [0.15, 0.2) is 0 Å². The van der Waals surface area contributed by atoms with Crippen LogP contribution >= 0.6 is 0 Å². The van der Waals surface area contributed by atoms with Crippen LogP contribution in [0.1, 0.15) is 32.4 Å². The molecule has 1 heterocycles. The fraction of sp³-hybridized carbons (Fsp3) is 0.462. The van der Waals surface area contributed by atoms with Crippen LogP contribution < -0.4 is 0 Å². The molecular weight excluding hydrogens is 234 g/mol. The molecule has 0 saturated carbocycles. The third-order valence-corrected chi connectivity index (χ3v) is 2.24. The van der Waals surface area contributed by atoms with E-state index in [2.05, 4.69) is 9.72 Å². The molecular formula is C13H17NO4. The number of methoxy groups -OCH3 is 1. The summed E-state index contributed by atoms with van der Waals surface area (Å²) in [6.07, 6.45) is 1.97. The molecule has 98 valence electrons. The Morgan fingerprint density at radius 2 is 2.00 bits per heavy atom. The van der Waals surface area contributed by atoms with Crippen molar-refractivity contribution in [2.75, 3.05) is 7.11 Å². The van der Waals surface area contributed by atoms with Crippen LogP contribution in [-0.4, -0.2) is 24.0 Å². The SMILES string of the molecule is COC(=O)C(OC(=O)C(C)(C)C)c1cccnc1. The molecule has 0 saturated heterocycles. The summed E-state index contributed by atoms with van der Waals surface area (Å²) in [6, 6.07) is 3.32. The van der Waals surface area contributed by atoms with Crippen molar-refractivity contribution in [3.8, 4) is 0 Å². The predicted molar refractivity (Wildman–Crippen MR) is 64.5 cm³/mol. The first kappa shape index (κ1) is 14.2. The molecule has 5 heteroatoms. The van der Waals surface area contributed by atoms with E-state index in [4.69, 9.17) is 4.74 Å². The van der Waals surface area contributed by atoms with E-state index in [-0.39, 0.29) is 0 Å². The Kier molecular flexibility index (Phi) is 4.42. The average Bonchev–Trinajstić information content (AvgIpc) is 2.34. The van der Waals surface area contributed by atoms with Gasteiger partial charge in [0, 0.05) is 18.0 Å². The lowest BCUT2D eigenvalue weighted by Gasteiger charge is -2.21. The van der Waals surface area contributed by atoms with E-state index in [1.54, 1.807) is 39.1 Å². The predicted octanol–water partition coefficient (Wildman–Crippen LogP) is 1.88. The van der Waals surface area contributed by atoms with Gasteiger partial charge in [0.1, 0.15) is 0 Å². The van der Waals surface area contributed by atoms with Crippen LogP contribution in [0.3, 0.4) is 0 Å². The van der Waals surface area contributed by atoms with Crippen molar-refractivity contribution >= 4 is 11.9 Å². The van der Waals surface area contributed by atoms with Gasteiger partial charge in [0.05, 0.1) is 12.5 Å². The highest BCUT2D eigenvalue weighted by Gasteiger charge is 2.31. The summed E-state index contributed by atoms with van der Waals surface area (Å²) < 4.78 is 9.84. The van der Waals surface area contributed by atoms with Gasteiger partial charge in [-0.25, -0.2) is 4.79 Å². The second-order valence-electron chi connectivity index (χ2n) is 4.84. The van der Waals surface area contributed by atoms with Crippen LogP contribution in [-0.2, 0) is 19.1 Å². The van der Waals surface area contributed by atoms with Crippen molar-refractivity contribution < 1.29 is 19.1 Å². The van der Waals surface area contributed by atoms with Crippen LogP contribution in [0.5, 0.6) is 0 Å². The number of hydrogen-bond acceptors (Lipinski definition) is 5. The van der Waals surface area contributed by atoms with Crippen molar-refractivity contribution in [2.24, 2.45) is 5.41 Å². The number of carbonyl (C=O) groups is 2. The molecule has 1 aromatic heterocycles. The molecule has 0 aliphatic heterocycles. The Hall–Kier alpha value is -1.91. The Balaban J connectivity index is 2.95. The molecule has 0 aromatic carbocycles. The van der Waals surface area contributed by atoms with Crippen molar-refractivity contribution in [1.29, 1.82) is 0 Å². The summed E-state index contributed by atoms with van der Waals surface area (Å²) in [6.45, 7) is 5.15. The second-order valence-corrected chi connectivity index (χ2v) is 4.84. The lowest BCUT2D eigenvalue weighted by Crippen LogP contribution is -2.28. The molecule has 1 aromatic rings. The Morgan fingerprint density at radius 3 is 2.44 bits per heavy atom. The summed E-state index contributed by atoms with van der Waals surface area (Å²) in [7, 11) is 1.25. The molecule has 18 heavy (non-hydrogen) atoms. The van der Waals surface area contributed by atoms with Crippen LogP contribution in [0.2, 0.25) is 0 Å². The van der Waals surface area contributed by atoms with E-state index < -0.39 is 23.5 Å². The summed E-state index contributed by atoms with van der Waals surface area (Å²) >= 11 is 0. The van der Waals surface area contributed by atoms with Crippen molar-refractivity contribution in [1.82, 2.24) is 4.98 Å². The quantitative estimate of drug-likeness (QED) is 0.767. The first-order chi connectivity index (χ1) is 8.36. The van der Waals surface area contributed by atoms with Gasteiger partial charge in [0.25, 0.3) is 0 Å². The van der Waals surface area contributed by atoms with Gasteiger partial charge < -0.3 is 9.47 Å². The maximum Gasteiger partial charge on any atom is 0.352 e. The van der Waals surface area contributed by atoms with Gasteiger partial charge in [-0.1, -0.05) is 6.07 Å². The highest BCUT2D eigenvalue weighted by Crippen LogP contribution is 2.24. The fourth-order valence-electron chi connectivity index (χ4n) is 1.17. The molecule has 0 fully saturated rings. The fourth-order valence-corrected chi connectivity index (χ4v) is 1.17. The molecule has 0 aliphatic carbocycles. The molecule has 0 amide bonds. The molecule has 0 spiro atoms. The van der Waals surface area contributed by atoms with Crippen molar-refractivity contribution in [3.05, 3.63) is 30.1 Å². The van der Waals surface area contributed by atoms with E-state index in [0.29, 0.717) is 5.56 Å². The van der Waals surface area contributed by atoms with E-state index in [1.165, 1.54) is 13.3 Å². The van der Waals surface area contributed by atoms with Gasteiger partial charge in [-0.2, -0.15) is 0 Å². The number of ether oxygens (including phenoxy) is 2. The molecule has 0 aliphatic rings. The number of aromatic nitrogens is 1. The zero-order valence-corrected chi connectivity index (χ0v) is 11.0. The van der Waals surface area contributed by atoms with Gasteiger partial charge in [-0.3, -0.25) is 9.78 Å². The molecule has 1 rings (SSSR count). The van der Waals surface area contributed by atoms with Gasteiger partial charge in [-0.05, 0) is 26.8 Å². The van der Waals surface area contributed by atoms with Gasteiger partial charge in [-0.15, -0.1) is 0 Å². The Bertz CT molecular complexity index is 422. The summed E-state index contributed by atoms with van der Waals surface area (Å²) in [5.74, 6) is -1.10. The average molecular weight is 251 g/mol. The monoisotopic (exact) mass is 251 g/mol. The maximum absolute atomic E-state index is 11.8. The van der Waals surface area contributed by atoms with E-state index in [0.717, 1.165) is 0 Å². The lowest BCUT2D eigenvalue weighted by atomic mass is 9.97. The van der Waals surface area contributed by atoms with Crippen LogP contribution in [0.4, 0.5) is 0 Å². The molecule has 0 N–H and O–H groups in total. The molecule has 1 unspecified atom stereocenters. The molecule has 5 nitrogen and oxygen atoms in total. The normalized spacial score (nSPS) is 12.7. The minimum Gasteiger partial charge on any atom is -0.466 e. The minimum absolute atomic E-state index is 0.471. The topological polar surface area (TPSA) is 65.5 Å². The number of esters is 2. The first-order valence-corrected chi connectivity index (χ1v) is 5.55. The number of hydrogen-bond donors (Lipinski definition) is 0. The largest absolute Gasteiger partial charge is 0.466 e. The summed E-state index contributed by atoms with van der Waals surface area (Å²) in [5.41, 5.74) is -0.198. The number of carbonyl (C=O) groups excluding carboxylic acids is 2. The van der Waals surface area contributed by atoms with Gasteiger partial charge in [0.2, 0.25) is 6.10 Å². The van der Waals surface area contributed by atoms with Crippen molar-refractivity contribution in [3.63, 3.8) is 0 Å². The highest BCUT2D eigenvalue weighted by atomic mass is 16.6. The summed E-state index contributed by atoms with van der Waals surface area (Å²) in [5, 5.41) is 0. The molecule has 0 bridgehead atoms. The van der Waals surface area contributed by atoms with E-state index in [9.17, 15) is 9.59 Å². The number of pyridine rings is 1. The zero-order valence-electron chi connectivity index (χ0n) is 11.0. The minimum atomic E-state index is -1.07. The van der Waals surface area contributed by atoms with Gasteiger partial charge >= 0.3 is 11.9 Å². The second kappa shape index (κ2) is 5.62. The standard InChI is InChI=1S/C13H17NO4/c1-13(2,3)12(16)18-10(11(15)17-4)9-6-5-7-14-8-9/h5-8,10H,1-4H3. The Labute approximate surface area is 106 Å². The van der Waals surface area contributed by atoms with E-state index >= 15 is 0 Å². The highest BCUT2D eigenvalue weighted by molar-refractivity contribution is 5.82. The smallest absolute Gasteiger partial charge is 0.352 e. The van der Waals surface area contributed by atoms with Crippen LogP contribution in [0.25, 0.3) is 0 Å². The van der Waals surface area contributed by atoms with Crippen LogP contribution in [0, 0.1) is 5.41 Å². The Morgan fingerprint density at radius 1 is 1.33 bits per heavy atom. The van der Waals surface area contributed by atoms with Crippen LogP contribution in [0.15, 0.2) is 24.5 Å². The molecule has 1 atom stereocenters. The third kappa shape index (κ3) is 3.55. The number of rotatable bonds is 3. The lowest BCUT2D eigenvalue weighted by molar-refractivity contribution is -0.172. The summed E-state index contributed by atoms with van der Waals surface area (Å²) in [4.78, 5) is 27.4. The number of nitrogens with zero attached hydrogens (tertiary/aromatic N) is 1. The molecule has 0 radical (unpaired) electrons.